The molecule has 9 heteroatoms. The fraction of sp³-hybridized carbons (Fsp3) is 0.667. The average Bonchev–Trinajstić information content (AvgIpc) is 3.30. The van der Waals surface area contributed by atoms with E-state index in [1.54, 1.807) is 6.20 Å². The maximum Gasteiger partial charge on any atom is 0.254 e. The highest BCUT2D eigenvalue weighted by Crippen LogP contribution is 2.23. The summed E-state index contributed by atoms with van der Waals surface area (Å²) in [5, 5.41) is 14.3. The highest BCUT2D eigenvalue weighted by Gasteiger charge is 2.26. The minimum Gasteiger partial charge on any atom is -0.356 e. The number of rotatable bonds is 7. The molecule has 0 aliphatic carbocycles. The first-order chi connectivity index (χ1) is 14.1. The van der Waals surface area contributed by atoms with E-state index >= 15 is 0 Å². The van der Waals surface area contributed by atoms with Gasteiger partial charge in [-0.3, -0.25) is 14.3 Å². The van der Waals surface area contributed by atoms with E-state index in [0.717, 1.165) is 25.1 Å². The van der Waals surface area contributed by atoms with Crippen molar-refractivity contribution in [3.05, 3.63) is 29.2 Å². The van der Waals surface area contributed by atoms with Gasteiger partial charge in [0.05, 0.1) is 17.5 Å². The number of fused-ring (bicyclic) bond motifs is 1. The van der Waals surface area contributed by atoms with Gasteiger partial charge in [-0.1, -0.05) is 25.9 Å². The second-order valence-electron chi connectivity index (χ2n) is 9.28. The summed E-state index contributed by atoms with van der Waals surface area (Å²) in [6, 6.07) is 0.0741. The zero-order valence-electron chi connectivity index (χ0n) is 18.5. The van der Waals surface area contributed by atoms with Gasteiger partial charge < -0.3 is 15.2 Å². The summed E-state index contributed by atoms with van der Waals surface area (Å²) in [7, 11) is 0. The normalized spacial score (nSPS) is 16.4. The van der Waals surface area contributed by atoms with Crippen LogP contribution >= 0.6 is 0 Å². The summed E-state index contributed by atoms with van der Waals surface area (Å²) in [5.41, 5.74) is 1.40. The Morgan fingerprint density at radius 1 is 1.33 bits per heavy atom. The zero-order valence-corrected chi connectivity index (χ0v) is 18.5. The first-order valence-electron chi connectivity index (χ1n) is 10.6. The smallest absolute Gasteiger partial charge is 0.254 e. The van der Waals surface area contributed by atoms with E-state index in [0.29, 0.717) is 36.7 Å². The molecule has 3 heterocycles. The molecule has 0 fully saturated rings. The first kappa shape index (κ1) is 22.0. The second kappa shape index (κ2) is 8.97. The number of nitrogens with one attached hydrogen (secondary N) is 2. The monoisotopic (exact) mass is 416 g/mol. The van der Waals surface area contributed by atoms with Crippen molar-refractivity contribution in [3.63, 3.8) is 0 Å². The van der Waals surface area contributed by atoms with Gasteiger partial charge in [-0.15, -0.1) is 0 Å². The molecule has 0 radical (unpaired) electrons. The molecule has 3 rings (SSSR count). The van der Waals surface area contributed by atoms with Crippen LogP contribution in [0, 0.1) is 5.92 Å². The minimum atomic E-state index is -0.178. The van der Waals surface area contributed by atoms with E-state index in [9.17, 15) is 9.59 Å². The fourth-order valence-corrected chi connectivity index (χ4v) is 3.43. The van der Waals surface area contributed by atoms with E-state index < -0.39 is 0 Å². The van der Waals surface area contributed by atoms with Crippen LogP contribution in [-0.2, 0) is 29.6 Å². The van der Waals surface area contributed by atoms with Crippen molar-refractivity contribution in [2.45, 2.75) is 78.3 Å². The Morgan fingerprint density at radius 2 is 2.10 bits per heavy atom. The maximum absolute atomic E-state index is 12.4. The SMILES string of the molecule is CC(C)NC(=O)c1cnn2c1C[C@@H](CNC(=O)CCc1nc(C(C)(C)C)no1)CC2. The van der Waals surface area contributed by atoms with Gasteiger partial charge in [0, 0.05) is 37.4 Å². The third-order valence-corrected chi connectivity index (χ3v) is 5.14. The number of aromatic nitrogens is 4. The van der Waals surface area contributed by atoms with Gasteiger partial charge in [0.25, 0.3) is 5.91 Å². The molecule has 0 bridgehead atoms. The van der Waals surface area contributed by atoms with Gasteiger partial charge in [0.2, 0.25) is 11.8 Å². The molecule has 1 atom stereocenters. The molecule has 2 N–H and O–H groups in total. The zero-order chi connectivity index (χ0) is 21.9. The maximum atomic E-state index is 12.4. The predicted molar refractivity (Wildman–Crippen MR) is 111 cm³/mol. The van der Waals surface area contributed by atoms with Crippen LogP contribution in [0.1, 0.15) is 75.2 Å². The van der Waals surface area contributed by atoms with Crippen LogP contribution in [0.2, 0.25) is 0 Å². The summed E-state index contributed by atoms with van der Waals surface area (Å²) >= 11 is 0. The molecule has 2 aromatic heterocycles. The lowest BCUT2D eigenvalue weighted by molar-refractivity contribution is -0.121. The van der Waals surface area contributed by atoms with Crippen LogP contribution < -0.4 is 10.6 Å². The molecule has 0 unspecified atom stereocenters. The number of hydrogen-bond acceptors (Lipinski definition) is 6. The van der Waals surface area contributed by atoms with Crippen molar-refractivity contribution < 1.29 is 14.1 Å². The first-order valence-corrected chi connectivity index (χ1v) is 10.6. The number of hydrogen-bond donors (Lipinski definition) is 2. The third kappa shape index (κ3) is 5.46. The van der Waals surface area contributed by atoms with Gasteiger partial charge in [-0.05, 0) is 32.6 Å². The molecule has 1 aliphatic heterocycles. The molecule has 30 heavy (non-hydrogen) atoms. The van der Waals surface area contributed by atoms with Crippen molar-refractivity contribution in [3.8, 4) is 0 Å². The van der Waals surface area contributed by atoms with E-state index in [1.807, 2.05) is 39.3 Å². The molecule has 2 aromatic rings. The Hall–Kier alpha value is -2.71. The molecule has 2 amide bonds. The number of carbonyl (C=O) groups excluding carboxylic acids is 2. The molecule has 0 saturated heterocycles. The topological polar surface area (TPSA) is 115 Å². The van der Waals surface area contributed by atoms with Crippen molar-refractivity contribution in [1.82, 2.24) is 30.6 Å². The fourth-order valence-electron chi connectivity index (χ4n) is 3.43. The van der Waals surface area contributed by atoms with Crippen LogP contribution in [0.3, 0.4) is 0 Å². The van der Waals surface area contributed by atoms with Crippen molar-refractivity contribution >= 4 is 11.8 Å². The Bertz CT molecular complexity index is 893. The molecule has 0 aromatic carbocycles. The summed E-state index contributed by atoms with van der Waals surface area (Å²) in [6.07, 6.45) is 4.01. The highest BCUT2D eigenvalue weighted by atomic mass is 16.5. The van der Waals surface area contributed by atoms with Gasteiger partial charge in [0.15, 0.2) is 5.82 Å². The number of nitrogens with zero attached hydrogens (tertiary/aromatic N) is 4. The predicted octanol–water partition coefficient (Wildman–Crippen LogP) is 2.01. The summed E-state index contributed by atoms with van der Waals surface area (Å²) in [4.78, 5) is 29.0. The standard InChI is InChI=1S/C21H32N6O3/c1-13(2)24-19(29)15-12-23-27-9-8-14(10-16(15)27)11-22-17(28)6-7-18-25-20(26-30-18)21(3,4)5/h12-14H,6-11H2,1-5H3,(H,22,28)(H,24,29)/t14-/m0/s1. The second-order valence-corrected chi connectivity index (χ2v) is 9.28. The van der Waals surface area contributed by atoms with Crippen LogP contribution in [0.15, 0.2) is 10.7 Å². The Kier molecular flexibility index (Phi) is 6.58. The van der Waals surface area contributed by atoms with Crippen LogP contribution in [0.4, 0.5) is 0 Å². The molecule has 0 spiro atoms. The number of aryl methyl sites for hydroxylation is 2. The lowest BCUT2D eigenvalue weighted by atomic mass is 9.94. The molecule has 0 saturated carbocycles. The minimum absolute atomic E-state index is 0.0395. The van der Waals surface area contributed by atoms with E-state index in [1.165, 1.54) is 0 Å². The molecule has 164 valence electrons. The van der Waals surface area contributed by atoms with Gasteiger partial charge in [0.1, 0.15) is 0 Å². The average molecular weight is 417 g/mol. The Morgan fingerprint density at radius 3 is 2.77 bits per heavy atom. The quantitative estimate of drug-likeness (QED) is 0.713. The van der Waals surface area contributed by atoms with E-state index in [4.69, 9.17) is 4.52 Å². The summed E-state index contributed by atoms with van der Waals surface area (Å²) in [6.45, 7) is 11.2. The lowest BCUT2D eigenvalue weighted by Gasteiger charge is -2.24. The molecule has 9 nitrogen and oxygen atoms in total. The largest absolute Gasteiger partial charge is 0.356 e. The van der Waals surface area contributed by atoms with Gasteiger partial charge >= 0.3 is 0 Å². The third-order valence-electron chi connectivity index (χ3n) is 5.14. The lowest BCUT2D eigenvalue weighted by Crippen LogP contribution is -2.35. The van der Waals surface area contributed by atoms with Crippen molar-refractivity contribution in [2.24, 2.45) is 5.92 Å². The Balaban J connectivity index is 1.48. The van der Waals surface area contributed by atoms with Gasteiger partial charge in [-0.25, -0.2) is 0 Å². The summed E-state index contributed by atoms with van der Waals surface area (Å²) < 4.78 is 7.14. The van der Waals surface area contributed by atoms with Gasteiger partial charge in [-0.2, -0.15) is 10.1 Å². The number of carbonyl (C=O) groups is 2. The van der Waals surface area contributed by atoms with Crippen molar-refractivity contribution in [2.75, 3.05) is 6.54 Å². The van der Waals surface area contributed by atoms with Crippen LogP contribution in [0.25, 0.3) is 0 Å². The van der Waals surface area contributed by atoms with Crippen LogP contribution in [-0.4, -0.2) is 44.3 Å². The van der Waals surface area contributed by atoms with E-state index in [2.05, 4.69) is 25.9 Å². The molecular weight excluding hydrogens is 384 g/mol. The van der Waals surface area contributed by atoms with Crippen molar-refractivity contribution in [1.29, 1.82) is 0 Å². The van der Waals surface area contributed by atoms with E-state index in [-0.39, 0.29) is 29.2 Å². The Labute approximate surface area is 177 Å². The summed E-state index contributed by atoms with van der Waals surface area (Å²) in [5.74, 6) is 1.28. The number of amides is 2. The molecule has 1 aliphatic rings. The van der Waals surface area contributed by atoms with Crippen LogP contribution in [0.5, 0.6) is 0 Å². The molecular formula is C21H32N6O3. The highest BCUT2D eigenvalue weighted by molar-refractivity contribution is 5.95.